The number of aliphatic hydroxyl groups excluding tert-OH is 1. The lowest BCUT2D eigenvalue weighted by Crippen LogP contribution is -2.44. The number of nitrogens with two attached hydrogens (primary N) is 1. The van der Waals surface area contributed by atoms with Gasteiger partial charge in [0.05, 0.1) is 11.8 Å². The second kappa shape index (κ2) is 6.13. The molecule has 1 heterocycles. The monoisotopic (exact) mass is 253 g/mol. The van der Waals surface area contributed by atoms with Crippen LogP contribution in [0.3, 0.4) is 0 Å². The Morgan fingerprint density at radius 3 is 2.78 bits per heavy atom. The van der Waals surface area contributed by atoms with Crippen molar-refractivity contribution in [2.24, 2.45) is 0 Å². The van der Waals surface area contributed by atoms with E-state index in [4.69, 9.17) is 5.73 Å². The Hall–Kier alpha value is -1.17. The van der Waals surface area contributed by atoms with Gasteiger partial charge in [0.25, 0.3) is 0 Å². The van der Waals surface area contributed by atoms with Crippen molar-refractivity contribution in [3.05, 3.63) is 29.6 Å². The lowest BCUT2D eigenvalue weighted by molar-refractivity contribution is 0.136. The molecule has 2 rings (SSSR count). The lowest BCUT2D eigenvalue weighted by Gasteiger charge is -2.28. The van der Waals surface area contributed by atoms with Crippen LogP contribution < -0.4 is 11.1 Å². The van der Waals surface area contributed by atoms with Crippen LogP contribution >= 0.6 is 0 Å². The fourth-order valence-corrected chi connectivity index (χ4v) is 2.18. The molecule has 1 saturated heterocycles. The van der Waals surface area contributed by atoms with Gasteiger partial charge in [-0.15, -0.1) is 0 Å². The Labute approximate surface area is 107 Å². The number of rotatable bonds is 4. The molecule has 4 N–H and O–H groups in total. The maximum atomic E-state index is 13.0. The van der Waals surface area contributed by atoms with E-state index >= 15 is 0 Å². The largest absolute Gasteiger partial charge is 0.396 e. The summed E-state index contributed by atoms with van der Waals surface area (Å²) in [5.41, 5.74) is 6.27. The molecule has 1 aromatic carbocycles. The first-order valence-corrected chi connectivity index (χ1v) is 6.33. The number of anilines is 1. The minimum Gasteiger partial charge on any atom is -0.396 e. The van der Waals surface area contributed by atoms with Crippen molar-refractivity contribution in [3.8, 4) is 0 Å². The Bertz CT molecular complexity index is 394. The molecule has 0 radical (unpaired) electrons. The van der Waals surface area contributed by atoms with Crippen molar-refractivity contribution in [3.63, 3.8) is 0 Å². The van der Waals surface area contributed by atoms with Crippen molar-refractivity contribution in [1.82, 2.24) is 10.2 Å². The summed E-state index contributed by atoms with van der Waals surface area (Å²) in [5.74, 6) is -0.437. The molecule has 100 valence electrons. The number of piperazine rings is 1. The van der Waals surface area contributed by atoms with E-state index in [1.54, 1.807) is 6.07 Å². The lowest BCUT2D eigenvalue weighted by atomic mass is 10.1. The highest BCUT2D eigenvalue weighted by atomic mass is 19.1. The van der Waals surface area contributed by atoms with E-state index in [2.05, 4.69) is 10.2 Å². The van der Waals surface area contributed by atoms with Gasteiger partial charge in [0.1, 0.15) is 5.82 Å². The fourth-order valence-electron chi connectivity index (χ4n) is 2.18. The van der Waals surface area contributed by atoms with Gasteiger partial charge in [-0.25, -0.2) is 4.39 Å². The number of benzene rings is 1. The van der Waals surface area contributed by atoms with Crippen molar-refractivity contribution in [1.29, 1.82) is 0 Å². The van der Waals surface area contributed by atoms with Crippen LogP contribution in [-0.2, 0) is 0 Å². The van der Waals surface area contributed by atoms with Crippen molar-refractivity contribution >= 4 is 5.69 Å². The van der Waals surface area contributed by atoms with Gasteiger partial charge in [-0.05, 0) is 24.1 Å². The van der Waals surface area contributed by atoms with Gasteiger partial charge in [-0.3, -0.25) is 0 Å². The molecule has 1 unspecified atom stereocenters. The molecule has 4 nitrogen and oxygen atoms in total. The summed E-state index contributed by atoms with van der Waals surface area (Å²) in [6, 6.07) is 4.41. The summed E-state index contributed by atoms with van der Waals surface area (Å²) in [6.45, 7) is 4.87. The number of aliphatic hydroxyl groups is 1. The highest BCUT2D eigenvalue weighted by molar-refractivity contribution is 5.43. The summed E-state index contributed by atoms with van der Waals surface area (Å²) in [4.78, 5) is 2.31. The zero-order chi connectivity index (χ0) is 13.0. The van der Waals surface area contributed by atoms with Crippen LogP contribution in [0.25, 0.3) is 0 Å². The summed E-state index contributed by atoms with van der Waals surface area (Å²) >= 11 is 0. The average Bonchev–Trinajstić information content (AvgIpc) is 2.40. The normalized spacial score (nSPS) is 18.8. The van der Waals surface area contributed by atoms with Gasteiger partial charge in [0, 0.05) is 32.7 Å². The second-order valence-corrected chi connectivity index (χ2v) is 4.68. The van der Waals surface area contributed by atoms with E-state index in [1.165, 1.54) is 12.1 Å². The third-order valence-electron chi connectivity index (χ3n) is 3.33. The summed E-state index contributed by atoms with van der Waals surface area (Å²) in [7, 11) is 0. The Morgan fingerprint density at radius 2 is 2.11 bits per heavy atom. The minimum atomic E-state index is -0.581. The smallest absolute Gasteiger partial charge is 0.146 e. The van der Waals surface area contributed by atoms with Gasteiger partial charge in [-0.1, -0.05) is 6.07 Å². The van der Waals surface area contributed by atoms with E-state index in [9.17, 15) is 9.50 Å². The molecular weight excluding hydrogens is 233 g/mol. The molecule has 1 aliphatic rings. The van der Waals surface area contributed by atoms with Gasteiger partial charge in [0.15, 0.2) is 0 Å². The molecule has 0 saturated carbocycles. The molecule has 1 fully saturated rings. The maximum Gasteiger partial charge on any atom is 0.146 e. The highest BCUT2D eigenvalue weighted by Gasteiger charge is 2.14. The SMILES string of the molecule is Nc1cc(C(O)CCN2CCNCC2)ccc1F. The van der Waals surface area contributed by atoms with Crippen LogP contribution in [0, 0.1) is 5.82 Å². The van der Waals surface area contributed by atoms with Crippen LogP contribution in [0.2, 0.25) is 0 Å². The third kappa shape index (κ3) is 3.41. The quantitative estimate of drug-likeness (QED) is 0.693. The van der Waals surface area contributed by atoms with E-state index in [-0.39, 0.29) is 5.69 Å². The first kappa shape index (κ1) is 13.3. The zero-order valence-electron chi connectivity index (χ0n) is 10.4. The predicted octanol–water partition coefficient (Wildman–Crippen LogP) is 0.737. The number of hydrogen-bond donors (Lipinski definition) is 3. The predicted molar refractivity (Wildman–Crippen MR) is 69.7 cm³/mol. The van der Waals surface area contributed by atoms with E-state index in [0.29, 0.717) is 12.0 Å². The maximum absolute atomic E-state index is 13.0. The van der Waals surface area contributed by atoms with Crippen molar-refractivity contribution < 1.29 is 9.50 Å². The molecule has 0 spiro atoms. The number of hydrogen-bond acceptors (Lipinski definition) is 4. The number of nitrogens with one attached hydrogen (secondary N) is 1. The number of halogens is 1. The molecule has 1 aliphatic heterocycles. The molecule has 0 amide bonds. The van der Waals surface area contributed by atoms with Gasteiger partial charge >= 0.3 is 0 Å². The first-order valence-electron chi connectivity index (χ1n) is 6.33. The minimum absolute atomic E-state index is 0.0914. The van der Waals surface area contributed by atoms with Crippen LogP contribution in [-0.4, -0.2) is 42.7 Å². The van der Waals surface area contributed by atoms with Crippen LogP contribution in [0.5, 0.6) is 0 Å². The summed E-state index contributed by atoms with van der Waals surface area (Å²) in [5, 5.41) is 13.3. The Morgan fingerprint density at radius 1 is 1.39 bits per heavy atom. The topological polar surface area (TPSA) is 61.5 Å². The first-order chi connectivity index (χ1) is 8.66. The molecule has 0 aliphatic carbocycles. The van der Waals surface area contributed by atoms with Gasteiger partial charge in [-0.2, -0.15) is 0 Å². The standard InChI is InChI=1S/C13H20FN3O/c14-11-2-1-10(9-12(11)15)13(18)3-6-17-7-4-16-5-8-17/h1-2,9,13,16,18H,3-8,15H2. The van der Waals surface area contributed by atoms with Crippen LogP contribution in [0.1, 0.15) is 18.1 Å². The highest BCUT2D eigenvalue weighted by Crippen LogP contribution is 2.21. The average molecular weight is 253 g/mol. The van der Waals surface area contributed by atoms with Gasteiger partial charge in [0.2, 0.25) is 0 Å². The Kier molecular flexibility index (Phi) is 4.52. The van der Waals surface area contributed by atoms with Crippen LogP contribution in [0.15, 0.2) is 18.2 Å². The molecule has 1 aromatic rings. The number of nitrogens with zero attached hydrogens (tertiary/aromatic N) is 1. The summed E-state index contributed by atoms with van der Waals surface area (Å²) in [6.07, 6.45) is 0.0632. The molecule has 0 aromatic heterocycles. The van der Waals surface area contributed by atoms with Crippen molar-refractivity contribution in [2.45, 2.75) is 12.5 Å². The van der Waals surface area contributed by atoms with E-state index in [0.717, 1.165) is 32.7 Å². The molecule has 5 heteroatoms. The molecule has 1 atom stereocenters. The summed E-state index contributed by atoms with van der Waals surface area (Å²) < 4.78 is 13.0. The number of nitrogen functional groups attached to an aromatic ring is 1. The van der Waals surface area contributed by atoms with E-state index in [1.807, 2.05) is 0 Å². The van der Waals surface area contributed by atoms with E-state index < -0.39 is 11.9 Å². The fraction of sp³-hybridized carbons (Fsp3) is 0.538. The zero-order valence-corrected chi connectivity index (χ0v) is 10.4. The molecule has 0 bridgehead atoms. The molecule has 18 heavy (non-hydrogen) atoms. The molecular formula is C13H20FN3O. The third-order valence-corrected chi connectivity index (χ3v) is 3.33. The van der Waals surface area contributed by atoms with Gasteiger partial charge < -0.3 is 21.1 Å². The second-order valence-electron chi connectivity index (χ2n) is 4.68. The van der Waals surface area contributed by atoms with Crippen molar-refractivity contribution in [2.75, 3.05) is 38.5 Å². The van der Waals surface area contributed by atoms with Crippen LogP contribution in [0.4, 0.5) is 10.1 Å². The Balaban J connectivity index is 1.86.